The fraction of sp³-hybridized carbons (Fsp3) is 0.500. The fourth-order valence-corrected chi connectivity index (χ4v) is 2.29. The van der Waals surface area contributed by atoms with Crippen LogP contribution in [0.4, 0.5) is 4.39 Å². The smallest absolute Gasteiger partial charge is 0.303 e. The van der Waals surface area contributed by atoms with Gasteiger partial charge >= 0.3 is 5.97 Å². The minimum Gasteiger partial charge on any atom is -0.481 e. The van der Waals surface area contributed by atoms with Gasteiger partial charge in [-0.05, 0) is 29.9 Å². The highest BCUT2D eigenvalue weighted by atomic mass is 19.1. The van der Waals surface area contributed by atoms with Crippen LogP contribution in [0.25, 0.3) is 0 Å². The van der Waals surface area contributed by atoms with Crippen molar-refractivity contribution in [2.24, 2.45) is 11.8 Å². The molecule has 1 unspecified atom stereocenters. The highest BCUT2D eigenvalue weighted by Crippen LogP contribution is 2.15. The Hall–Kier alpha value is -1.91. The van der Waals surface area contributed by atoms with Crippen LogP contribution < -0.4 is 5.32 Å². The Morgan fingerprint density at radius 2 is 1.95 bits per heavy atom. The third kappa shape index (κ3) is 6.88. The molecule has 0 aliphatic carbocycles. The topological polar surface area (TPSA) is 66.4 Å². The molecule has 1 rings (SSSR count). The first-order valence-electron chi connectivity index (χ1n) is 7.10. The molecule has 0 fully saturated rings. The summed E-state index contributed by atoms with van der Waals surface area (Å²) < 4.78 is 13.4. The molecule has 0 spiro atoms. The van der Waals surface area contributed by atoms with Gasteiger partial charge in [-0.15, -0.1) is 0 Å². The zero-order valence-corrected chi connectivity index (χ0v) is 12.4. The van der Waals surface area contributed by atoms with E-state index >= 15 is 0 Å². The molecule has 2 N–H and O–H groups in total. The molecule has 1 aromatic carbocycles. The predicted octanol–water partition coefficient (Wildman–Crippen LogP) is 2.62. The summed E-state index contributed by atoms with van der Waals surface area (Å²) in [5.74, 6) is -1.31. The first-order chi connectivity index (χ1) is 9.88. The maximum atomic E-state index is 13.4. The van der Waals surface area contributed by atoms with Crippen molar-refractivity contribution < 1.29 is 19.1 Å². The molecular formula is C16H22FNO3. The Morgan fingerprint density at radius 1 is 1.29 bits per heavy atom. The number of carboxylic acid groups (broad SMARTS) is 1. The second-order valence-corrected chi connectivity index (χ2v) is 5.67. The third-order valence-corrected chi connectivity index (χ3v) is 3.16. The number of nitrogens with one attached hydrogen (secondary N) is 1. The average Bonchev–Trinajstić information content (AvgIpc) is 2.37. The quantitative estimate of drug-likeness (QED) is 0.774. The SMILES string of the molecule is CC(C)CC(CNC(=O)Cc1ccccc1F)CC(=O)O. The second kappa shape index (κ2) is 8.39. The molecule has 116 valence electrons. The van der Waals surface area contributed by atoms with Gasteiger partial charge in [-0.25, -0.2) is 4.39 Å². The standard InChI is InChI=1S/C16H22FNO3/c1-11(2)7-12(8-16(20)21)10-18-15(19)9-13-5-3-4-6-14(13)17/h3-6,11-12H,7-10H2,1-2H3,(H,18,19)(H,20,21). The molecule has 21 heavy (non-hydrogen) atoms. The Balaban J connectivity index is 2.49. The molecule has 0 heterocycles. The van der Waals surface area contributed by atoms with Gasteiger partial charge in [-0.3, -0.25) is 9.59 Å². The Bertz CT molecular complexity index is 488. The van der Waals surface area contributed by atoms with E-state index < -0.39 is 11.8 Å². The maximum absolute atomic E-state index is 13.4. The molecule has 5 heteroatoms. The summed E-state index contributed by atoms with van der Waals surface area (Å²) in [7, 11) is 0. The number of hydrogen-bond donors (Lipinski definition) is 2. The Labute approximate surface area is 124 Å². The third-order valence-electron chi connectivity index (χ3n) is 3.16. The molecule has 0 aliphatic rings. The Kier molecular flexibility index (Phi) is 6.85. The normalized spacial score (nSPS) is 12.2. The van der Waals surface area contributed by atoms with Crippen molar-refractivity contribution >= 4 is 11.9 Å². The van der Waals surface area contributed by atoms with E-state index in [0.717, 1.165) is 6.42 Å². The lowest BCUT2D eigenvalue weighted by atomic mass is 9.94. The van der Waals surface area contributed by atoms with Gasteiger partial charge in [0.15, 0.2) is 0 Å². The lowest BCUT2D eigenvalue weighted by Gasteiger charge is -2.17. The van der Waals surface area contributed by atoms with Crippen molar-refractivity contribution in [3.63, 3.8) is 0 Å². The maximum Gasteiger partial charge on any atom is 0.303 e. The van der Waals surface area contributed by atoms with E-state index in [9.17, 15) is 14.0 Å². The van der Waals surface area contributed by atoms with Crippen molar-refractivity contribution in [1.29, 1.82) is 0 Å². The van der Waals surface area contributed by atoms with Gasteiger partial charge in [0.1, 0.15) is 5.82 Å². The van der Waals surface area contributed by atoms with Crippen molar-refractivity contribution in [2.75, 3.05) is 6.54 Å². The van der Waals surface area contributed by atoms with Crippen molar-refractivity contribution in [3.05, 3.63) is 35.6 Å². The van der Waals surface area contributed by atoms with E-state index in [-0.39, 0.29) is 24.7 Å². The molecule has 4 nitrogen and oxygen atoms in total. The largest absolute Gasteiger partial charge is 0.481 e. The van der Waals surface area contributed by atoms with Gasteiger partial charge in [0.05, 0.1) is 6.42 Å². The molecule has 0 bridgehead atoms. The van der Waals surface area contributed by atoms with Crippen LogP contribution >= 0.6 is 0 Å². The summed E-state index contributed by atoms with van der Waals surface area (Å²) >= 11 is 0. The van der Waals surface area contributed by atoms with Crippen LogP contribution in [-0.2, 0) is 16.0 Å². The predicted molar refractivity (Wildman–Crippen MR) is 78.3 cm³/mol. The van der Waals surface area contributed by atoms with Crippen molar-refractivity contribution in [2.45, 2.75) is 33.1 Å². The number of carboxylic acids is 1. The second-order valence-electron chi connectivity index (χ2n) is 5.67. The van der Waals surface area contributed by atoms with Crippen LogP contribution in [0.15, 0.2) is 24.3 Å². The number of carbonyl (C=O) groups excluding carboxylic acids is 1. The summed E-state index contributed by atoms with van der Waals surface area (Å²) in [6, 6.07) is 6.13. The molecule has 1 aromatic rings. The van der Waals surface area contributed by atoms with Crippen molar-refractivity contribution in [1.82, 2.24) is 5.32 Å². The Morgan fingerprint density at radius 3 is 2.52 bits per heavy atom. The molecule has 1 amide bonds. The van der Waals surface area contributed by atoms with Crippen LogP contribution in [0.1, 0.15) is 32.3 Å². The molecule has 0 saturated heterocycles. The molecular weight excluding hydrogens is 273 g/mol. The number of rotatable bonds is 8. The molecule has 0 aliphatic heterocycles. The van der Waals surface area contributed by atoms with E-state index in [1.165, 1.54) is 6.07 Å². The van der Waals surface area contributed by atoms with Crippen LogP contribution in [0.3, 0.4) is 0 Å². The molecule has 0 radical (unpaired) electrons. The van der Waals surface area contributed by atoms with E-state index in [1.54, 1.807) is 18.2 Å². The van der Waals surface area contributed by atoms with E-state index in [2.05, 4.69) is 5.32 Å². The van der Waals surface area contributed by atoms with Gasteiger partial charge in [0.2, 0.25) is 5.91 Å². The highest BCUT2D eigenvalue weighted by Gasteiger charge is 2.16. The first-order valence-corrected chi connectivity index (χ1v) is 7.10. The van der Waals surface area contributed by atoms with E-state index in [0.29, 0.717) is 18.0 Å². The lowest BCUT2D eigenvalue weighted by Crippen LogP contribution is -2.32. The highest BCUT2D eigenvalue weighted by molar-refractivity contribution is 5.78. The summed E-state index contributed by atoms with van der Waals surface area (Å²) in [5.41, 5.74) is 0.341. The first kappa shape index (κ1) is 17.1. The number of amides is 1. The monoisotopic (exact) mass is 295 g/mol. The van der Waals surface area contributed by atoms with Crippen LogP contribution in [-0.4, -0.2) is 23.5 Å². The summed E-state index contributed by atoms with van der Waals surface area (Å²) in [4.78, 5) is 22.6. The summed E-state index contributed by atoms with van der Waals surface area (Å²) in [6.45, 7) is 4.32. The number of hydrogen-bond acceptors (Lipinski definition) is 2. The zero-order valence-electron chi connectivity index (χ0n) is 12.4. The molecule has 0 aromatic heterocycles. The molecule has 0 saturated carbocycles. The fourth-order valence-electron chi connectivity index (χ4n) is 2.29. The zero-order chi connectivity index (χ0) is 15.8. The minimum atomic E-state index is -0.871. The van der Waals surface area contributed by atoms with Crippen LogP contribution in [0.2, 0.25) is 0 Å². The average molecular weight is 295 g/mol. The minimum absolute atomic E-state index is 0.0260. The van der Waals surface area contributed by atoms with Gasteiger partial charge in [0.25, 0.3) is 0 Å². The van der Waals surface area contributed by atoms with Crippen molar-refractivity contribution in [3.8, 4) is 0 Å². The molecule has 1 atom stereocenters. The van der Waals surface area contributed by atoms with Gasteiger partial charge in [0, 0.05) is 13.0 Å². The van der Waals surface area contributed by atoms with Crippen LogP contribution in [0.5, 0.6) is 0 Å². The number of benzene rings is 1. The number of halogens is 1. The number of carbonyl (C=O) groups is 2. The van der Waals surface area contributed by atoms with Gasteiger partial charge in [-0.2, -0.15) is 0 Å². The van der Waals surface area contributed by atoms with Gasteiger partial charge in [-0.1, -0.05) is 32.0 Å². The van der Waals surface area contributed by atoms with E-state index in [1.807, 2.05) is 13.8 Å². The lowest BCUT2D eigenvalue weighted by molar-refractivity contribution is -0.138. The summed E-state index contributed by atoms with van der Waals surface area (Å²) in [6.07, 6.45) is 0.721. The van der Waals surface area contributed by atoms with E-state index in [4.69, 9.17) is 5.11 Å². The number of aliphatic carboxylic acids is 1. The van der Waals surface area contributed by atoms with Crippen LogP contribution in [0, 0.1) is 17.7 Å². The summed E-state index contributed by atoms with van der Waals surface area (Å²) in [5, 5.41) is 11.6. The van der Waals surface area contributed by atoms with Gasteiger partial charge < -0.3 is 10.4 Å².